The van der Waals surface area contributed by atoms with Gasteiger partial charge in [-0.05, 0) is 19.3 Å². The smallest absolute Gasteiger partial charge is 0.404 e. The molecule has 0 unspecified atom stereocenters. The third kappa shape index (κ3) is 3.51. The first-order chi connectivity index (χ1) is 8.65. The number of hydrogen-bond acceptors (Lipinski definition) is 2. The lowest BCUT2D eigenvalue weighted by molar-refractivity contribution is 0.186. The Morgan fingerprint density at radius 2 is 1.72 bits per heavy atom. The lowest BCUT2D eigenvalue weighted by Crippen LogP contribution is -2.46. The minimum Gasteiger partial charge on any atom is -0.465 e. The molecule has 102 valence electrons. The normalized spacial score (nSPS) is 24.9. The average Bonchev–Trinajstić information content (AvgIpc) is 2.78. The molecule has 1 atom stereocenters. The molecule has 2 aliphatic rings. The average molecular weight is 255 g/mol. The molecule has 0 aromatic carbocycles. The van der Waals surface area contributed by atoms with E-state index in [1.807, 2.05) is 0 Å². The van der Waals surface area contributed by atoms with E-state index in [0.717, 1.165) is 12.8 Å². The zero-order valence-electron chi connectivity index (χ0n) is 10.5. The molecule has 6 heteroatoms. The molecule has 1 saturated heterocycles. The van der Waals surface area contributed by atoms with Crippen LogP contribution >= 0.6 is 0 Å². The Bertz CT molecular complexity index is 316. The maximum absolute atomic E-state index is 12.0. The molecule has 1 aliphatic carbocycles. The Balaban J connectivity index is 1.74. The van der Waals surface area contributed by atoms with Crippen molar-refractivity contribution in [2.75, 3.05) is 13.1 Å². The van der Waals surface area contributed by atoms with E-state index >= 15 is 0 Å². The van der Waals surface area contributed by atoms with Gasteiger partial charge in [0, 0.05) is 19.1 Å². The van der Waals surface area contributed by atoms with Crippen LogP contribution in [0.15, 0.2) is 0 Å². The number of carbonyl (C=O) groups is 2. The summed E-state index contributed by atoms with van der Waals surface area (Å²) in [6.45, 7) is 1.11. The highest BCUT2D eigenvalue weighted by molar-refractivity contribution is 5.75. The van der Waals surface area contributed by atoms with Crippen LogP contribution in [0.3, 0.4) is 0 Å². The van der Waals surface area contributed by atoms with Crippen molar-refractivity contribution in [3.8, 4) is 0 Å². The van der Waals surface area contributed by atoms with Crippen molar-refractivity contribution in [3.63, 3.8) is 0 Å². The molecule has 6 nitrogen and oxygen atoms in total. The number of nitrogens with zero attached hydrogens (tertiary/aromatic N) is 1. The van der Waals surface area contributed by atoms with Crippen LogP contribution in [0.2, 0.25) is 0 Å². The van der Waals surface area contributed by atoms with Crippen LogP contribution in [0.4, 0.5) is 9.59 Å². The highest BCUT2D eigenvalue weighted by Gasteiger charge is 2.28. The third-order valence-electron chi connectivity index (χ3n) is 3.74. The molecule has 1 heterocycles. The lowest BCUT2D eigenvalue weighted by Gasteiger charge is -2.26. The predicted octanol–water partition coefficient (Wildman–Crippen LogP) is 1.37. The molecule has 1 saturated carbocycles. The van der Waals surface area contributed by atoms with Gasteiger partial charge in [0.2, 0.25) is 0 Å². The number of amides is 3. The number of urea groups is 1. The van der Waals surface area contributed by atoms with E-state index < -0.39 is 6.09 Å². The molecule has 0 spiro atoms. The summed E-state index contributed by atoms with van der Waals surface area (Å²) in [6.07, 6.45) is 5.45. The summed E-state index contributed by atoms with van der Waals surface area (Å²) in [5.41, 5.74) is 0. The van der Waals surface area contributed by atoms with E-state index in [1.165, 1.54) is 19.3 Å². The third-order valence-corrected chi connectivity index (χ3v) is 3.74. The number of nitrogens with one attached hydrogen (secondary N) is 2. The van der Waals surface area contributed by atoms with E-state index in [0.29, 0.717) is 25.6 Å². The second-order valence-electron chi connectivity index (χ2n) is 5.17. The summed E-state index contributed by atoms with van der Waals surface area (Å²) < 4.78 is 0. The lowest BCUT2D eigenvalue weighted by atomic mass is 9.96. The Morgan fingerprint density at radius 3 is 2.39 bits per heavy atom. The molecule has 3 N–H and O–H groups in total. The Morgan fingerprint density at radius 1 is 1.00 bits per heavy atom. The second-order valence-corrected chi connectivity index (χ2v) is 5.17. The predicted molar refractivity (Wildman–Crippen MR) is 66.5 cm³/mol. The van der Waals surface area contributed by atoms with Crippen LogP contribution in [0.1, 0.15) is 38.5 Å². The Labute approximate surface area is 107 Å². The van der Waals surface area contributed by atoms with Crippen LogP contribution in [-0.2, 0) is 0 Å². The van der Waals surface area contributed by atoms with Crippen molar-refractivity contribution >= 4 is 12.1 Å². The minimum atomic E-state index is -1.02. The van der Waals surface area contributed by atoms with Crippen LogP contribution in [-0.4, -0.2) is 47.3 Å². The fourth-order valence-electron chi connectivity index (χ4n) is 2.75. The van der Waals surface area contributed by atoms with Gasteiger partial charge in [0.1, 0.15) is 0 Å². The maximum Gasteiger partial charge on any atom is 0.404 e. The van der Waals surface area contributed by atoms with Gasteiger partial charge >= 0.3 is 12.1 Å². The zero-order valence-corrected chi connectivity index (χ0v) is 10.5. The van der Waals surface area contributed by atoms with Gasteiger partial charge in [-0.15, -0.1) is 0 Å². The molecule has 3 amide bonds. The highest BCUT2D eigenvalue weighted by atomic mass is 16.4. The molecule has 2 fully saturated rings. The minimum absolute atomic E-state index is 0.0448. The van der Waals surface area contributed by atoms with Crippen molar-refractivity contribution in [3.05, 3.63) is 0 Å². The molecule has 0 aromatic rings. The van der Waals surface area contributed by atoms with E-state index in [9.17, 15) is 9.59 Å². The fourth-order valence-corrected chi connectivity index (χ4v) is 2.75. The summed E-state index contributed by atoms with van der Waals surface area (Å²) in [4.78, 5) is 24.2. The zero-order chi connectivity index (χ0) is 13.0. The van der Waals surface area contributed by atoms with Crippen molar-refractivity contribution in [2.24, 2.45) is 0 Å². The standard InChI is InChI=1S/C12H21N3O3/c16-11(13-9-4-2-1-3-5-9)15-7-6-10(8-15)14-12(17)18/h9-10,14H,1-8H2,(H,13,16)(H,17,18)/t10-/m1/s1. The largest absolute Gasteiger partial charge is 0.465 e. The number of likely N-dealkylation sites (tertiary alicyclic amines) is 1. The van der Waals surface area contributed by atoms with Crippen LogP contribution in [0, 0.1) is 0 Å². The van der Waals surface area contributed by atoms with E-state index in [-0.39, 0.29) is 12.1 Å². The second kappa shape index (κ2) is 5.93. The molecule has 0 radical (unpaired) electrons. The number of rotatable bonds is 2. The molecule has 0 aromatic heterocycles. The van der Waals surface area contributed by atoms with Gasteiger partial charge in [0.15, 0.2) is 0 Å². The molecule has 2 rings (SSSR count). The first kappa shape index (κ1) is 13.0. The number of hydrogen-bond donors (Lipinski definition) is 3. The van der Waals surface area contributed by atoms with Crippen LogP contribution in [0.5, 0.6) is 0 Å². The molecular formula is C12H21N3O3. The summed E-state index contributed by atoms with van der Waals surface area (Å²) in [5.74, 6) is 0. The Kier molecular flexibility index (Phi) is 4.28. The van der Waals surface area contributed by atoms with Gasteiger partial charge in [-0.1, -0.05) is 19.3 Å². The molecule has 0 bridgehead atoms. The van der Waals surface area contributed by atoms with E-state index in [1.54, 1.807) is 4.90 Å². The van der Waals surface area contributed by atoms with E-state index in [2.05, 4.69) is 10.6 Å². The summed E-state index contributed by atoms with van der Waals surface area (Å²) in [6, 6.07) is 0.133. The van der Waals surface area contributed by atoms with Gasteiger partial charge in [-0.3, -0.25) is 0 Å². The number of carboxylic acid groups (broad SMARTS) is 1. The topological polar surface area (TPSA) is 81.7 Å². The van der Waals surface area contributed by atoms with Crippen molar-refractivity contribution in [1.82, 2.24) is 15.5 Å². The summed E-state index contributed by atoms with van der Waals surface area (Å²) in [7, 11) is 0. The first-order valence-electron chi connectivity index (χ1n) is 6.70. The number of carbonyl (C=O) groups excluding carboxylic acids is 1. The van der Waals surface area contributed by atoms with E-state index in [4.69, 9.17) is 5.11 Å². The van der Waals surface area contributed by atoms with Gasteiger partial charge in [-0.2, -0.15) is 0 Å². The van der Waals surface area contributed by atoms with Gasteiger partial charge in [-0.25, -0.2) is 9.59 Å². The van der Waals surface area contributed by atoms with Gasteiger partial charge in [0.25, 0.3) is 0 Å². The van der Waals surface area contributed by atoms with Gasteiger partial charge < -0.3 is 20.6 Å². The molecular weight excluding hydrogens is 234 g/mol. The van der Waals surface area contributed by atoms with Crippen molar-refractivity contribution in [2.45, 2.75) is 50.6 Å². The van der Waals surface area contributed by atoms with Crippen LogP contribution < -0.4 is 10.6 Å². The maximum atomic E-state index is 12.0. The SMILES string of the molecule is O=C(O)N[C@@H]1CCN(C(=O)NC2CCCCC2)C1. The fraction of sp³-hybridized carbons (Fsp3) is 0.833. The van der Waals surface area contributed by atoms with Crippen molar-refractivity contribution < 1.29 is 14.7 Å². The Hall–Kier alpha value is -1.46. The van der Waals surface area contributed by atoms with Crippen LogP contribution in [0.25, 0.3) is 0 Å². The summed E-state index contributed by atoms with van der Waals surface area (Å²) in [5, 5.41) is 14.1. The monoisotopic (exact) mass is 255 g/mol. The molecule has 18 heavy (non-hydrogen) atoms. The molecule has 1 aliphatic heterocycles. The highest BCUT2D eigenvalue weighted by Crippen LogP contribution is 2.18. The van der Waals surface area contributed by atoms with Crippen molar-refractivity contribution in [1.29, 1.82) is 0 Å². The summed E-state index contributed by atoms with van der Waals surface area (Å²) >= 11 is 0. The quantitative estimate of drug-likeness (QED) is 0.697. The van der Waals surface area contributed by atoms with Gasteiger partial charge in [0.05, 0.1) is 6.04 Å². The first-order valence-corrected chi connectivity index (χ1v) is 6.70.